The molecule has 4 heteroatoms. The van der Waals surface area contributed by atoms with Crippen molar-refractivity contribution in [2.24, 2.45) is 0 Å². The maximum atomic E-state index is 12.4. The second-order valence-corrected chi connectivity index (χ2v) is 6.34. The zero-order valence-electron chi connectivity index (χ0n) is 13.5. The van der Waals surface area contributed by atoms with Crippen LogP contribution in [0.25, 0.3) is 6.08 Å². The van der Waals surface area contributed by atoms with Gasteiger partial charge in [0.05, 0.1) is 5.57 Å². The maximum absolute atomic E-state index is 12.4. The fraction of sp³-hybridized carbons (Fsp3) is 0.300. The molecule has 1 aromatic carbocycles. The standard InChI is InChI=1S/C20H19NO3/c22-19-15-7-3-4-8-16(15)20(23)17(19)13-14-9-10-18(24-14)21-11-5-1-2-6-12-21/h3-4,7-10,13H,1-2,5-6,11-12H2. The van der Waals surface area contributed by atoms with Crippen molar-refractivity contribution in [2.45, 2.75) is 25.7 Å². The van der Waals surface area contributed by atoms with E-state index >= 15 is 0 Å². The number of carbonyl (C=O) groups excluding carboxylic acids is 2. The number of hydrogen-bond acceptors (Lipinski definition) is 4. The molecule has 4 rings (SSSR count). The van der Waals surface area contributed by atoms with E-state index in [2.05, 4.69) is 4.90 Å². The quantitative estimate of drug-likeness (QED) is 0.616. The number of fused-ring (bicyclic) bond motifs is 1. The third-order valence-corrected chi connectivity index (χ3v) is 4.72. The summed E-state index contributed by atoms with van der Waals surface area (Å²) in [5.74, 6) is 0.935. The summed E-state index contributed by atoms with van der Waals surface area (Å²) in [5, 5.41) is 0. The van der Waals surface area contributed by atoms with Crippen molar-refractivity contribution in [2.75, 3.05) is 18.0 Å². The molecule has 1 saturated heterocycles. The minimum Gasteiger partial charge on any atom is -0.441 e. The summed E-state index contributed by atoms with van der Waals surface area (Å²) in [4.78, 5) is 27.1. The van der Waals surface area contributed by atoms with Crippen molar-refractivity contribution in [3.05, 3.63) is 58.9 Å². The highest BCUT2D eigenvalue weighted by molar-refractivity contribution is 6.41. The van der Waals surface area contributed by atoms with Gasteiger partial charge in [-0.15, -0.1) is 0 Å². The first-order valence-electron chi connectivity index (χ1n) is 8.49. The molecule has 1 aliphatic heterocycles. The predicted molar refractivity (Wildman–Crippen MR) is 92.5 cm³/mol. The number of benzene rings is 1. The van der Waals surface area contributed by atoms with Crippen LogP contribution < -0.4 is 4.90 Å². The van der Waals surface area contributed by atoms with Crippen LogP contribution in [0.4, 0.5) is 5.88 Å². The van der Waals surface area contributed by atoms with Crippen LogP contribution in [0, 0.1) is 0 Å². The van der Waals surface area contributed by atoms with Crippen LogP contribution in [-0.4, -0.2) is 24.7 Å². The van der Waals surface area contributed by atoms with Crippen molar-refractivity contribution in [1.29, 1.82) is 0 Å². The second kappa shape index (κ2) is 6.11. The van der Waals surface area contributed by atoms with Gasteiger partial charge in [-0.3, -0.25) is 9.59 Å². The van der Waals surface area contributed by atoms with Gasteiger partial charge >= 0.3 is 0 Å². The summed E-state index contributed by atoms with van der Waals surface area (Å²) < 4.78 is 5.88. The molecule has 0 unspecified atom stereocenters. The lowest BCUT2D eigenvalue weighted by Crippen LogP contribution is -2.23. The highest BCUT2D eigenvalue weighted by Crippen LogP contribution is 2.29. The molecule has 2 aliphatic rings. The Labute approximate surface area is 140 Å². The SMILES string of the molecule is O=C1C(=Cc2ccc(N3CCCCCC3)o2)C(=O)c2ccccc21. The largest absolute Gasteiger partial charge is 0.441 e. The normalized spacial score (nSPS) is 17.8. The van der Waals surface area contributed by atoms with Crippen LogP contribution in [0.1, 0.15) is 52.2 Å². The van der Waals surface area contributed by atoms with Gasteiger partial charge in [0, 0.05) is 30.3 Å². The molecule has 0 amide bonds. The smallest absolute Gasteiger partial charge is 0.197 e. The molecule has 0 spiro atoms. The Hall–Kier alpha value is -2.62. The molecular weight excluding hydrogens is 302 g/mol. The molecule has 2 heterocycles. The van der Waals surface area contributed by atoms with Crippen molar-refractivity contribution in [3.63, 3.8) is 0 Å². The Morgan fingerprint density at radius 3 is 2.08 bits per heavy atom. The van der Waals surface area contributed by atoms with E-state index < -0.39 is 0 Å². The predicted octanol–water partition coefficient (Wildman–Crippen LogP) is 4.12. The van der Waals surface area contributed by atoms with Crippen LogP contribution in [0.5, 0.6) is 0 Å². The molecule has 2 aromatic rings. The Balaban J connectivity index is 1.61. The first kappa shape index (κ1) is 14.9. The molecule has 0 N–H and O–H groups in total. The highest BCUT2D eigenvalue weighted by Gasteiger charge is 2.32. The summed E-state index contributed by atoms with van der Waals surface area (Å²) in [5.41, 5.74) is 1.15. The molecule has 4 nitrogen and oxygen atoms in total. The van der Waals surface area contributed by atoms with Gasteiger partial charge in [0.2, 0.25) is 0 Å². The van der Waals surface area contributed by atoms with Gasteiger partial charge in [-0.25, -0.2) is 0 Å². The summed E-state index contributed by atoms with van der Waals surface area (Å²) in [7, 11) is 0. The van der Waals surface area contributed by atoms with Crippen LogP contribution >= 0.6 is 0 Å². The Morgan fingerprint density at radius 2 is 1.46 bits per heavy atom. The number of nitrogens with zero attached hydrogens (tertiary/aromatic N) is 1. The van der Waals surface area contributed by atoms with Crippen LogP contribution in [-0.2, 0) is 0 Å². The lowest BCUT2D eigenvalue weighted by molar-refractivity contribution is 0.0990. The van der Waals surface area contributed by atoms with Gasteiger partial charge in [0.1, 0.15) is 5.76 Å². The lowest BCUT2D eigenvalue weighted by Gasteiger charge is -2.18. The van der Waals surface area contributed by atoms with Gasteiger partial charge in [0.25, 0.3) is 0 Å². The molecule has 0 atom stereocenters. The van der Waals surface area contributed by atoms with E-state index in [-0.39, 0.29) is 17.1 Å². The third kappa shape index (κ3) is 2.58. The maximum Gasteiger partial charge on any atom is 0.197 e. The second-order valence-electron chi connectivity index (χ2n) is 6.34. The minimum absolute atomic E-state index is 0.188. The van der Waals surface area contributed by atoms with E-state index in [0.717, 1.165) is 19.0 Å². The number of anilines is 1. The summed E-state index contributed by atoms with van der Waals surface area (Å²) >= 11 is 0. The number of hydrogen-bond donors (Lipinski definition) is 0. The van der Waals surface area contributed by atoms with E-state index in [1.165, 1.54) is 25.7 Å². The number of Topliss-reactive ketones (excluding diaryl/α,β-unsaturated/α-hetero) is 2. The van der Waals surface area contributed by atoms with E-state index in [1.807, 2.05) is 12.1 Å². The number of carbonyl (C=O) groups is 2. The Morgan fingerprint density at radius 1 is 0.833 bits per heavy atom. The van der Waals surface area contributed by atoms with Gasteiger partial charge in [-0.1, -0.05) is 37.1 Å². The number of rotatable bonds is 2. The van der Waals surface area contributed by atoms with Crippen LogP contribution in [0.15, 0.2) is 46.4 Å². The zero-order chi connectivity index (χ0) is 16.5. The zero-order valence-corrected chi connectivity index (χ0v) is 13.5. The van der Waals surface area contributed by atoms with Gasteiger partial charge < -0.3 is 9.32 Å². The molecule has 1 aromatic heterocycles. The highest BCUT2D eigenvalue weighted by atomic mass is 16.4. The molecule has 1 aliphatic carbocycles. The molecule has 24 heavy (non-hydrogen) atoms. The first-order valence-corrected chi connectivity index (χ1v) is 8.49. The topological polar surface area (TPSA) is 50.5 Å². The minimum atomic E-state index is -0.219. The monoisotopic (exact) mass is 321 g/mol. The number of furan rings is 1. The van der Waals surface area contributed by atoms with Gasteiger partial charge in [-0.05, 0) is 25.0 Å². The summed E-state index contributed by atoms with van der Waals surface area (Å²) in [6.45, 7) is 1.99. The van der Waals surface area contributed by atoms with Crippen molar-refractivity contribution >= 4 is 23.5 Å². The fourth-order valence-corrected chi connectivity index (χ4v) is 3.43. The summed E-state index contributed by atoms with van der Waals surface area (Å²) in [6.07, 6.45) is 6.43. The first-order chi connectivity index (χ1) is 11.7. The molecular formula is C20H19NO3. The average Bonchev–Trinajstić information content (AvgIpc) is 3.03. The Bertz CT molecular complexity index is 786. The summed E-state index contributed by atoms with van der Waals surface area (Å²) in [6, 6.07) is 10.7. The average molecular weight is 321 g/mol. The molecule has 0 bridgehead atoms. The Kier molecular flexibility index (Phi) is 3.81. The molecule has 0 radical (unpaired) electrons. The van der Waals surface area contributed by atoms with E-state index in [0.29, 0.717) is 16.9 Å². The van der Waals surface area contributed by atoms with Gasteiger partial charge in [-0.2, -0.15) is 0 Å². The van der Waals surface area contributed by atoms with E-state index in [9.17, 15) is 9.59 Å². The van der Waals surface area contributed by atoms with E-state index in [1.54, 1.807) is 30.3 Å². The number of ketones is 2. The van der Waals surface area contributed by atoms with Crippen LogP contribution in [0.3, 0.4) is 0 Å². The lowest BCUT2D eigenvalue weighted by atomic mass is 10.1. The van der Waals surface area contributed by atoms with Crippen molar-refractivity contribution < 1.29 is 14.0 Å². The van der Waals surface area contributed by atoms with Gasteiger partial charge in [0.15, 0.2) is 17.5 Å². The molecule has 0 saturated carbocycles. The van der Waals surface area contributed by atoms with Crippen molar-refractivity contribution in [1.82, 2.24) is 0 Å². The third-order valence-electron chi connectivity index (χ3n) is 4.72. The number of allylic oxidation sites excluding steroid dienone is 1. The molecule has 122 valence electrons. The molecule has 1 fully saturated rings. The van der Waals surface area contributed by atoms with E-state index in [4.69, 9.17) is 4.42 Å². The van der Waals surface area contributed by atoms with Crippen molar-refractivity contribution in [3.8, 4) is 0 Å². The fourth-order valence-electron chi connectivity index (χ4n) is 3.43. The van der Waals surface area contributed by atoms with Crippen LogP contribution in [0.2, 0.25) is 0 Å².